The number of benzene rings is 1. The molecule has 1 amide bonds. The van der Waals surface area contributed by atoms with Crippen LogP contribution in [0.3, 0.4) is 0 Å². The lowest BCUT2D eigenvalue weighted by molar-refractivity contribution is 0.102. The van der Waals surface area contributed by atoms with Crippen molar-refractivity contribution in [2.45, 2.75) is 41.2 Å². The highest BCUT2D eigenvalue weighted by Crippen LogP contribution is 2.23. The number of carbonyl (C=O) groups excluding carboxylic acids is 1. The molecule has 6 heteroatoms. The molecule has 1 N–H and O–H groups in total. The van der Waals surface area contributed by atoms with Gasteiger partial charge in [-0.25, -0.2) is 0 Å². The summed E-state index contributed by atoms with van der Waals surface area (Å²) in [4.78, 5) is 12.8. The van der Waals surface area contributed by atoms with E-state index in [4.69, 9.17) is 0 Å². The average Bonchev–Trinajstić information content (AvgIpc) is 2.99. The lowest BCUT2D eigenvalue weighted by Crippen LogP contribution is -2.15. The third-order valence-electron chi connectivity index (χ3n) is 4.81. The summed E-state index contributed by atoms with van der Waals surface area (Å²) in [6, 6.07) is 8.40. The summed E-state index contributed by atoms with van der Waals surface area (Å²) in [5.74, 6) is -0.144. The van der Waals surface area contributed by atoms with Crippen molar-refractivity contribution in [1.82, 2.24) is 19.6 Å². The van der Waals surface area contributed by atoms with E-state index in [0.29, 0.717) is 12.1 Å². The molecule has 3 rings (SSSR count). The predicted molar refractivity (Wildman–Crippen MR) is 103 cm³/mol. The van der Waals surface area contributed by atoms with Crippen molar-refractivity contribution < 1.29 is 4.79 Å². The van der Waals surface area contributed by atoms with Crippen LogP contribution in [-0.4, -0.2) is 25.5 Å². The summed E-state index contributed by atoms with van der Waals surface area (Å²) in [5, 5.41) is 12.0. The topological polar surface area (TPSA) is 64.7 Å². The molecule has 0 bridgehead atoms. The summed E-state index contributed by atoms with van der Waals surface area (Å²) in [6.45, 7) is 10.4. The van der Waals surface area contributed by atoms with Gasteiger partial charge in [-0.1, -0.05) is 29.8 Å². The molecule has 0 fully saturated rings. The molecule has 6 nitrogen and oxygen atoms in total. The molecular weight excluding hydrogens is 326 g/mol. The summed E-state index contributed by atoms with van der Waals surface area (Å²) in [5.41, 5.74) is 7.13. The minimum atomic E-state index is -0.144. The fraction of sp³-hybridized carbons (Fsp3) is 0.350. The van der Waals surface area contributed by atoms with Gasteiger partial charge >= 0.3 is 0 Å². The molecule has 0 saturated carbocycles. The minimum absolute atomic E-state index is 0.144. The number of nitrogens with zero attached hydrogens (tertiary/aromatic N) is 4. The molecule has 0 unspecified atom stereocenters. The van der Waals surface area contributed by atoms with Gasteiger partial charge in [-0.2, -0.15) is 10.2 Å². The first-order chi connectivity index (χ1) is 12.3. The molecule has 0 atom stereocenters. The Morgan fingerprint density at radius 1 is 0.962 bits per heavy atom. The van der Waals surface area contributed by atoms with Crippen LogP contribution in [0.25, 0.3) is 0 Å². The van der Waals surface area contributed by atoms with E-state index in [1.165, 1.54) is 11.1 Å². The van der Waals surface area contributed by atoms with E-state index >= 15 is 0 Å². The highest BCUT2D eigenvalue weighted by molar-refractivity contribution is 6.06. The van der Waals surface area contributed by atoms with Gasteiger partial charge in [0.05, 0.1) is 34.9 Å². The normalized spacial score (nSPS) is 11.0. The van der Waals surface area contributed by atoms with Gasteiger partial charge in [0.25, 0.3) is 5.91 Å². The average molecular weight is 351 g/mol. The smallest absolute Gasteiger partial charge is 0.259 e. The fourth-order valence-electron chi connectivity index (χ4n) is 3.18. The first kappa shape index (κ1) is 17.9. The summed E-state index contributed by atoms with van der Waals surface area (Å²) in [7, 11) is 1.84. The second kappa shape index (κ2) is 6.78. The first-order valence-corrected chi connectivity index (χ1v) is 8.69. The van der Waals surface area contributed by atoms with E-state index in [1.807, 2.05) is 39.4 Å². The van der Waals surface area contributed by atoms with E-state index in [2.05, 4.69) is 46.7 Å². The number of aryl methyl sites for hydroxylation is 4. The van der Waals surface area contributed by atoms with Crippen LogP contribution in [0.5, 0.6) is 0 Å². The van der Waals surface area contributed by atoms with Crippen molar-refractivity contribution in [2.75, 3.05) is 5.32 Å². The Hall–Kier alpha value is -2.89. The monoisotopic (exact) mass is 351 g/mol. The molecule has 136 valence electrons. The van der Waals surface area contributed by atoms with Crippen molar-refractivity contribution in [3.8, 4) is 0 Å². The van der Waals surface area contributed by atoms with Crippen LogP contribution in [0.1, 0.15) is 44.3 Å². The number of carbonyl (C=O) groups is 1. The molecule has 0 aliphatic rings. The van der Waals surface area contributed by atoms with Gasteiger partial charge in [-0.3, -0.25) is 14.2 Å². The Morgan fingerprint density at radius 2 is 1.62 bits per heavy atom. The van der Waals surface area contributed by atoms with Gasteiger partial charge in [0.1, 0.15) is 0 Å². The Balaban J connectivity index is 1.86. The van der Waals surface area contributed by atoms with E-state index in [0.717, 1.165) is 28.5 Å². The van der Waals surface area contributed by atoms with Crippen molar-refractivity contribution in [2.24, 2.45) is 7.05 Å². The number of amides is 1. The highest BCUT2D eigenvalue weighted by atomic mass is 16.1. The Morgan fingerprint density at radius 3 is 2.19 bits per heavy atom. The maximum atomic E-state index is 12.8. The second-order valence-electron chi connectivity index (χ2n) is 6.81. The number of hydrogen-bond acceptors (Lipinski definition) is 3. The number of aromatic nitrogens is 4. The van der Waals surface area contributed by atoms with Gasteiger partial charge in [-0.05, 0) is 40.2 Å². The zero-order valence-electron chi connectivity index (χ0n) is 16.2. The molecule has 0 saturated heterocycles. The molecule has 1 aromatic carbocycles. The molecule has 0 spiro atoms. The molecule has 2 heterocycles. The molecule has 0 radical (unpaired) electrons. The summed E-state index contributed by atoms with van der Waals surface area (Å²) >= 11 is 0. The van der Waals surface area contributed by atoms with Gasteiger partial charge in [-0.15, -0.1) is 0 Å². The fourth-order valence-corrected chi connectivity index (χ4v) is 3.18. The minimum Gasteiger partial charge on any atom is -0.319 e. The Labute approximate surface area is 153 Å². The number of nitrogens with one attached hydrogen (secondary N) is 1. The molecule has 0 aliphatic heterocycles. The van der Waals surface area contributed by atoms with Crippen LogP contribution in [0, 0.1) is 34.6 Å². The molecule has 3 aromatic rings. The van der Waals surface area contributed by atoms with E-state index in [-0.39, 0.29) is 5.91 Å². The van der Waals surface area contributed by atoms with E-state index in [1.54, 1.807) is 4.68 Å². The van der Waals surface area contributed by atoms with Gasteiger partial charge in [0.15, 0.2) is 0 Å². The van der Waals surface area contributed by atoms with Crippen LogP contribution in [0.2, 0.25) is 0 Å². The molecular formula is C20H25N5O. The van der Waals surface area contributed by atoms with Gasteiger partial charge in [0.2, 0.25) is 0 Å². The molecule has 0 aliphatic carbocycles. The van der Waals surface area contributed by atoms with Gasteiger partial charge in [0, 0.05) is 12.7 Å². The number of hydrogen-bond donors (Lipinski definition) is 1. The first-order valence-electron chi connectivity index (χ1n) is 8.69. The quantitative estimate of drug-likeness (QED) is 0.783. The summed E-state index contributed by atoms with van der Waals surface area (Å²) < 4.78 is 3.66. The zero-order valence-corrected chi connectivity index (χ0v) is 16.2. The summed E-state index contributed by atoms with van der Waals surface area (Å²) in [6.07, 6.45) is 0. The van der Waals surface area contributed by atoms with Crippen LogP contribution in [0.15, 0.2) is 24.3 Å². The highest BCUT2D eigenvalue weighted by Gasteiger charge is 2.20. The van der Waals surface area contributed by atoms with Crippen molar-refractivity contribution in [1.29, 1.82) is 0 Å². The van der Waals surface area contributed by atoms with Crippen molar-refractivity contribution >= 4 is 11.6 Å². The van der Waals surface area contributed by atoms with E-state index in [9.17, 15) is 4.79 Å². The third kappa shape index (κ3) is 3.27. The number of anilines is 1. The molecule has 26 heavy (non-hydrogen) atoms. The standard InChI is InChI=1S/C20H25N5O/c1-12-7-9-17(10-8-12)11-25-16(5)19(14(3)23-25)21-20(26)18-13(2)22-24(6)15(18)4/h7-10H,11H2,1-6H3,(H,21,26). The van der Waals surface area contributed by atoms with Crippen LogP contribution in [-0.2, 0) is 13.6 Å². The number of rotatable bonds is 4. The lowest BCUT2D eigenvalue weighted by Gasteiger charge is -2.08. The van der Waals surface area contributed by atoms with Crippen LogP contribution < -0.4 is 5.32 Å². The maximum Gasteiger partial charge on any atom is 0.259 e. The lowest BCUT2D eigenvalue weighted by atomic mass is 10.1. The van der Waals surface area contributed by atoms with E-state index < -0.39 is 0 Å². The third-order valence-corrected chi connectivity index (χ3v) is 4.81. The van der Waals surface area contributed by atoms with Crippen LogP contribution >= 0.6 is 0 Å². The van der Waals surface area contributed by atoms with Crippen molar-refractivity contribution in [3.63, 3.8) is 0 Å². The SMILES string of the molecule is Cc1ccc(Cn2nc(C)c(NC(=O)c3c(C)nn(C)c3C)c2C)cc1. The van der Waals surface area contributed by atoms with Crippen LogP contribution in [0.4, 0.5) is 5.69 Å². The maximum absolute atomic E-state index is 12.8. The zero-order chi connectivity index (χ0) is 19.0. The Kier molecular flexibility index (Phi) is 4.68. The largest absolute Gasteiger partial charge is 0.319 e. The second-order valence-corrected chi connectivity index (χ2v) is 6.81. The predicted octanol–water partition coefficient (Wildman–Crippen LogP) is 3.46. The molecule has 2 aromatic heterocycles. The van der Waals surface area contributed by atoms with Gasteiger partial charge < -0.3 is 5.32 Å². The Bertz CT molecular complexity index is 963. The van der Waals surface area contributed by atoms with Crippen molar-refractivity contribution in [3.05, 3.63) is 63.7 Å².